The van der Waals surface area contributed by atoms with E-state index in [-0.39, 0.29) is 11.8 Å². The van der Waals surface area contributed by atoms with Gasteiger partial charge in [0.25, 0.3) is 0 Å². The maximum absolute atomic E-state index is 11.3. The van der Waals surface area contributed by atoms with Crippen molar-refractivity contribution in [3.63, 3.8) is 0 Å². The number of rotatable bonds is 4. The number of ether oxygens (including phenoxy) is 1. The molecule has 1 rings (SSSR count). The van der Waals surface area contributed by atoms with Crippen LogP contribution in [0.5, 0.6) is 5.75 Å². The summed E-state index contributed by atoms with van der Waals surface area (Å²) in [4.78, 5) is 11.3. The van der Waals surface area contributed by atoms with E-state index in [1.807, 2.05) is 39.0 Å². The normalized spacial score (nSPS) is 11.1. The average Bonchev–Trinajstić information content (AvgIpc) is 2.28. The number of hydrogen-bond donors (Lipinski definition) is 1. The van der Waals surface area contributed by atoms with Gasteiger partial charge in [-0.25, -0.2) is 0 Å². The molecule has 4 heteroatoms. The van der Waals surface area contributed by atoms with Crippen molar-refractivity contribution in [1.82, 2.24) is 5.32 Å². The smallest absolute Gasteiger partial charge is 0.235 e. The maximum Gasteiger partial charge on any atom is 0.235 e. The van der Waals surface area contributed by atoms with E-state index >= 15 is 0 Å². The van der Waals surface area contributed by atoms with Crippen molar-refractivity contribution in [1.29, 1.82) is 0 Å². The molecule has 3 nitrogen and oxygen atoms in total. The van der Waals surface area contributed by atoms with E-state index in [9.17, 15) is 4.79 Å². The first kappa shape index (κ1) is 13.8. The highest BCUT2D eigenvalue weighted by molar-refractivity contribution is 6.27. The highest BCUT2D eigenvalue weighted by Gasteiger charge is 2.22. The fraction of sp³-hybridized carbons (Fsp3) is 0.462. The quantitative estimate of drug-likeness (QED) is 0.840. The second-order valence-electron chi connectivity index (χ2n) is 4.49. The van der Waals surface area contributed by atoms with Crippen molar-refractivity contribution in [3.8, 4) is 5.75 Å². The number of alkyl halides is 1. The lowest BCUT2D eigenvalue weighted by Crippen LogP contribution is -2.41. The Labute approximate surface area is 107 Å². The number of amides is 1. The molecule has 17 heavy (non-hydrogen) atoms. The van der Waals surface area contributed by atoms with Crippen molar-refractivity contribution in [2.75, 3.05) is 13.0 Å². The van der Waals surface area contributed by atoms with Crippen LogP contribution in [0.2, 0.25) is 0 Å². The standard InChI is InChI=1S/C13H18ClNO2/c1-9-7-10(5-6-11(9)17-4)13(2,3)15-12(16)8-14/h5-7H,8H2,1-4H3,(H,15,16). The molecular weight excluding hydrogens is 238 g/mol. The number of carbonyl (C=O) groups is 1. The Balaban J connectivity index is 2.98. The zero-order valence-electron chi connectivity index (χ0n) is 10.6. The average molecular weight is 256 g/mol. The third kappa shape index (κ3) is 3.37. The van der Waals surface area contributed by atoms with Crippen LogP contribution in [0.1, 0.15) is 25.0 Å². The summed E-state index contributed by atoms with van der Waals surface area (Å²) in [6.45, 7) is 5.86. The monoisotopic (exact) mass is 255 g/mol. The summed E-state index contributed by atoms with van der Waals surface area (Å²) in [6.07, 6.45) is 0. The number of halogens is 1. The van der Waals surface area contributed by atoms with Crippen LogP contribution in [-0.2, 0) is 10.3 Å². The Kier molecular flexibility index (Phi) is 4.40. The van der Waals surface area contributed by atoms with E-state index in [0.29, 0.717) is 0 Å². The van der Waals surface area contributed by atoms with Crippen LogP contribution in [0.15, 0.2) is 18.2 Å². The summed E-state index contributed by atoms with van der Waals surface area (Å²) in [5.74, 6) is 0.636. The molecule has 1 aromatic rings. The van der Waals surface area contributed by atoms with Gasteiger partial charge < -0.3 is 10.1 Å². The molecule has 0 aliphatic rings. The zero-order valence-corrected chi connectivity index (χ0v) is 11.4. The van der Waals surface area contributed by atoms with Crippen LogP contribution in [0.3, 0.4) is 0 Å². The van der Waals surface area contributed by atoms with Gasteiger partial charge in [0, 0.05) is 0 Å². The van der Waals surface area contributed by atoms with Gasteiger partial charge in [-0.1, -0.05) is 12.1 Å². The van der Waals surface area contributed by atoms with Crippen molar-refractivity contribution in [3.05, 3.63) is 29.3 Å². The van der Waals surface area contributed by atoms with Crippen LogP contribution in [0.25, 0.3) is 0 Å². The van der Waals surface area contributed by atoms with E-state index in [1.54, 1.807) is 7.11 Å². The van der Waals surface area contributed by atoms with Crippen LogP contribution < -0.4 is 10.1 Å². The highest BCUT2D eigenvalue weighted by atomic mass is 35.5. The van der Waals surface area contributed by atoms with Gasteiger partial charge in [-0.05, 0) is 38.0 Å². The molecule has 1 aromatic carbocycles. The summed E-state index contributed by atoms with van der Waals surface area (Å²) in [5, 5.41) is 2.88. The molecule has 0 aliphatic carbocycles. The van der Waals surface area contributed by atoms with Crippen LogP contribution in [-0.4, -0.2) is 18.9 Å². The first-order valence-corrected chi connectivity index (χ1v) is 5.96. The summed E-state index contributed by atoms with van der Waals surface area (Å²) in [6, 6.07) is 5.85. The second kappa shape index (κ2) is 5.41. The topological polar surface area (TPSA) is 38.3 Å². The van der Waals surface area contributed by atoms with Gasteiger partial charge in [-0.15, -0.1) is 11.6 Å². The Morgan fingerprint density at radius 1 is 1.47 bits per heavy atom. The molecule has 0 spiro atoms. The molecule has 0 fully saturated rings. The number of nitrogens with one attached hydrogen (secondary N) is 1. The zero-order chi connectivity index (χ0) is 13.1. The predicted octanol–water partition coefficient (Wildman–Crippen LogP) is 2.59. The summed E-state index contributed by atoms with van der Waals surface area (Å²) < 4.78 is 5.21. The summed E-state index contributed by atoms with van der Waals surface area (Å²) >= 11 is 5.49. The number of benzene rings is 1. The fourth-order valence-electron chi connectivity index (χ4n) is 1.72. The Morgan fingerprint density at radius 2 is 2.12 bits per heavy atom. The number of hydrogen-bond acceptors (Lipinski definition) is 2. The molecule has 0 aromatic heterocycles. The van der Waals surface area contributed by atoms with E-state index in [4.69, 9.17) is 16.3 Å². The predicted molar refractivity (Wildman–Crippen MR) is 69.6 cm³/mol. The number of aryl methyl sites for hydroxylation is 1. The van der Waals surface area contributed by atoms with Crippen molar-refractivity contribution in [2.45, 2.75) is 26.3 Å². The highest BCUT2D eigenvalue weighted by Crippen LogP contribution is 2.26. The molecule has 0 aliphatic heterocycles. The van der Waals surface area contributed by atoms with Crippen molar-refractivity contribution in [2.24, 2.45) is 0 Å². The van der Waals surface area contributed by atoms with E-state index in [2.05, 4.69) is 5.32 Å². The van der Waals surface area contributed by atoms with E-state index in [1.165, 1.54) is 0 Å². The third-order valence-electron chi connectivity index (χ3n) is 2.69. The first-order valence-electron chi connectivity index (χ1n) is 5.43. The van der Waals surface area contributed by atoms with Gasteiger partial charge in [0.2, 0.25) is 5.91 Å². The van der Waals surface area contributed by atoms with Crippen LogP contribution >= 0.6 is 11.6 Å². The van der Waals surface area contributed by atoms with Crippen molar-refractivity contribution >= 4 is 17.5 Å². The van der Waals surface area contributed by atoms with Crippen molar-refractivity contribution < 1.29 is 9.53 Å². The lowest BCUT2D eigenvalue weighted by Gasteiger charge is -2.27. The molecule has 0 heterocycles. The summed E-state index contributed by atoms with van der Waals surface area (Å²) in [7, 11) is 1.64. The molecule has 0 bridgehead atoms. The van der Waals surface area contributed by atoms with Gasteiger partial charge in [0.15, 0.2) is 0 Å². The Bertz CT molecular complexity index is 416. The minimum absolute atomic E-state index is 0.0292. The van der Waals surface area contributed by atoms with Crippen LogP contribution in [0.4, 0.5) is 0 Å². The minimum Gasteiger partial charge on any atom is -0.496 e. The molecule has 0 unspecified atom stereocenters. The molecule has 1 amide bonds. The molecule has 0 radical (unpaired) electrons. The van der Waals surface area contributed by atoms with Gasteiger partial charge in [0.05, 0.1) is 12.6 Å². The Hall–Kier alpha value is -1.22. The first-order chi connectivity index (χ1) is 7.90. The van der Waals surface area contributed by atoms with E-state index in [0.717, 1.165) is 16.9 Å². The SMILES string of the molecule is COc1ccc(C(C)(C)NC(=O)CCl)cc1C. The fourth-order valence-corrected chi connectivity index (χ4v) is 1.79. The van der Waals surface area contributed by atoms with Gasteiger partial charge in [0.1, 0.15) is 11.6 Å². The van der Waals surface area contributed by atoms with E-state index < -0.39 is 5.54 Å². The molecule has 94 valence electrons. The number of methoxy groups -OCH3 is 1. The molecule has 0 saturated heterocycles. The third-order valence-corrected chi connectivity index (χ3v) is 2.93. The summed E-state index contributed by atoms with van der Waals surface area (Å²) in [5.41, 5.74) is 1.62. The van der Waals surface area contributed by atoms with Gasteiger partial charge in [-0.3, -0.25) is 4.79 Å². The lowest BCUT2D eigenvalue weighted by atomic mass is 9.92. The second-order valence-corrected chi connectivity index (χ2v) is 4.76. The van der Waals surface area contributed by atoms with Crippen LogP contribution in [0, 0.1) is 6.92 Å². The Morgan fingerprint density at radius 3 is 2.59 bits per heavy atom. The molecule has 0 saturated carbocycles. The number of carbonyl (C=O) groups excluding carboxylic acids is 1. The molecular formula is C13H18ClNO2. The maximum atomic E-state index is 11.3. The van der Waals surface area contributed by atoms with Gasteiger partial charge >= 0.3 is 0 Å². The molecule has 1 N–H and O–H groups in total. The lowest BCUT2D eigenvalue weighted by molar-refractivity contribution is -0.120. The minimum atomic E-state index is -0.441. The molecule has 0 atom stereocenters. The van der Waals surface area contributed by atoms with Gasteiger partial charge in [-0.2, -0.15) is 0 Å². The largest absolute Gasteiger partial charge is 0.496 e.